The monoisotopic (exact) mass is 428 g/mol. The lowest BCUT2D eigenvalue weighted by molar-refractivity contribution is -0.128. The molecule has 0 saturated carbocycles. The van der Waals surface area contributed by atoms with Crippen LogP contribution in [-0.2, 0) is 11.3 Å². The highest BCUT2D eigenvalue weighted by Crippen LogP contribution is 2.23. The molecule has 2 amide bonds. The van der Waals surface area contributed by atoms with Crippen molar-refractivity contribution < 1.29 is 9.59 Å². The zero-order chi connectivity index (χ0) is 22.1. The smallest absolute Gasteiger partial charge is 0.261 e. The number of H-pyrrole nitrogens is 1. The third kappa shape index (κ3) is 3.64. The summed E-state index contributed by atoms with van der Waals surface area (Å²) in [6, 6.07) is 14.4. The van der Waals surface area contributed by atoms with Crippen LogP contribution in [0.1, 0.15) is 28.8 Å². The number of nitrogens with one attached hydrogen (secondary N) is 2. The Morgan fingerprint density at radius 3 is 2.84 bits per heavy atom. The van der Waals surface area contributed by atoms with Gasteiger partial charge in [-0.3, -0.25) is 14.4 Å². The van der Waals surface area contributed by atoms with Crippen molar-refractivity contribution in [1.82, 2.24) is 24.6 Å². The summed E-state index contributed by atoms with van der Waals surface area (Å²) in [4.78, 5) is 45.5. The van der Waals surface area contributed by atoms with E-state index >= 15 is 0 Å². The van der Waals surface area contributed by atoms with Gasteiger partial charge in [-0.25, -0.2) is 9.67 Å². The maximum Gasteiger partial charge on any atom is 0.261 e. The van der Waals surface area contributed by atoms with Crippen molar-refractivity contribution in [2.75, 3.05) is 11.9 Å². The Labute approximate surface area is 182 Å². The summed E-state index contributed by atoms with van der Waals surface area (Å²) in [6.07, 6.45) is 4.22. The molecule has 9 nitrogen and oxygen atoms in total. The molecule has 0 aliphatic carbocycles. The Hall–Kier alpha value is -4.27. The van der Waals surface area contributed by atoms with Gasteiger partial charge in [0, 0.05) is 25.1 Å². The van der Waals surface area contributed by atoms with Crippen molar-refractivity contribution in [3.05, 3.63) is 82.5 Å². The zero-order valence-corrected chi connectivity index (χ0v) is 17.1. The van der Waals surface area contributed by atoms with Crippen LogP contribution in [0.5, 0.6) is 0 Å². The number of carbonyl (C=O) groups excluding carboxylic acids is 2. The predicted octanol–water partition coefficient (Wildman–Crippen LogP) is 2.48. The van der Waals surface area contributed by atoms with Crippen LogP contribution in [0.2, 0.25) is 0 Å². The molecule has 0 unspecified atom stereocenters. The molecule has 0 atom stereocenters. The summed E-state index contributed by atoms with van der Waals surface area (Å²) in [7, 11) is 0. The van der Waals surface area contributed by atoms with Gasteiger partial charge in [0.2, 0.25) is 5.91 Å². The first-order chi connectivity index (χ1) is 15.6. The lowest BCUT2D eigenvalue weighted by atomic mass is 10.1. The van der Waals surface area contributed by atoms with Gasteiger partial charge in [-0.15, -0.1) is 0 Å². The van der Waals surface area contributed by atoms with Crippen LogP contribution in [0.3, 0.4) is 0 Å². The van der Waals surface area contributed by atoms with Gasteiger partial charge < -0.3 is 15.2 Å². The fourth-order valence-corrected chi connectivity index (χ4v) is 3.89. The first-order valence-corrected chi connectivity index (χ1v) is 10.3. The van der Waals surface area contributed by atoms with Crippen LogP contribution in [0, 0.1) is 0 Å². The molecule has 4 aromatic rings. The number of aromatic amines is 1. The van der Waals surface area contributed by atoms with Crippen molar-refractivity contribution in [1.29, 1.82) is 0 Å². The Morgan fingerprint density at radius 2 is 2.00 bits per heavy atom. The number of hydrogen-bond acceptors (Lipinski definition) is 5. The molecular weight excluding hydrogens is 408 g/mol. The summed E-state index contributed by atoms with van der Waals surface area (Å²) < 4.78 is 1.52. The summed E-state index contributed by atoms with van der Waals surface area (Å²) in [5, 5.41) is 7.58. The summed E-state index contributed by atoms with van der Waals surface area (Å²) >= 11 is 0. The molecule has 160 valence electrons. The fourth-order valence-electron chi connectivity index (χ4n) is 3.89. The topological polar surface area (TPSA) is 113 Å². The van der Waals surface area contributed by atoms with Crippen molar-refractivity contribution in [3.63, 3.8) is 0 Å². The van der Waals surface area contributed by atoms with Gasteiger partial charge in [0.15, 0.2) is 5.65 Å². The summed E-state index contributed by atoms with van der Waals surface area (Å²) in [6.45, 7) is 1.24. The number of carbonyl (C=O) groups is 2. The molecule has 2 N–H and O–H groups in total. The maximum absolute atomic E-state index is 13.0. The minimum absolute atomic E-state index is 0.146. The van der Waals surface area contributed by atoms with E-state index in [0.29, 0.717) is 40.9 Å². The number of aromatic nitrogens is 4. The Balaban J connectivity index is 1.42. The molecule has 0 bridgehead atoms. The molecule has 1 saturated heterocycles. The molecule has 32 heavy (non-hydrogen) atoms. The van der Waals surface area contributed by atoms with Crippen LogP contribution >= 0.6 is 0 Å². The number of fused-ring (bicyclic) bond motifs is 1. The van der Waals surface area contributed by atoms with Gasteiger partial charge in [-0.1, -0.05) is 24.3 Å². The number of para-hydroxylation sites is 2. The van der Waals surface area contributed by atoms with E-state index in [1.807, 2.05) is 23.1 Å². The van der Waals surface area contributed by atoms with Crippen LogP contribution in [0.4, 0.5) is 5.69 Å². The van der Waals surface area contributed by atoms with E-state index in [2.05, 4.69) is 20.4 Å². The van der Waals surface area contributed by atoms with Gasteiger partial charge in [-0.2, -0.15) is 5.10 Å². The lowest BCUT2D eigenvalue weighted by Gasteiger charge is -2.16. The predicted molar refractivity (Wildman–Crippen MR) is 119 cm³/mol. The second-order valence-corrected chi connectivity index (χ2v) is 7.62. The van der Waals surface area contributed by atoms with Crippen molar-refractivity contribution in [2.45, 2.75) is 19.4 Å². The largest absolute Gasteiger partial charge is 0.338 e. The van der Waals surface area contributed by atoms with E-state index in [1.165, 1.54) is 17.2 Å². The normalized spacial score (nSPS) is 13.6. The summed E-state index contributed by atoms with van der Waals surface area (Å²) in [5.41, 5.74) is 2.63. The SMILES string of the molecule is O=C(Nc1ccccc1-n1ncc2c(=O)[nH]cnc21)c1cccc(CN2CCCC2=O)c1. The van der Waals surface area contributed by atoms with Crippen LogP contribution in [0.15, 0.2) is 65.8 Å². The minimum Gasteiger partial charge on any atom is -0.338 e. The molecule has 5 rings (SSSR count). The molecule has 3 heterocycles. The number of anilines is 1. The molecule has 2 aromatic heterocycles. The van der Waals surface area contributed by atoms with Gasteiger partial charge >= 0.3 is 0 Å². The summed E-state index contributed by atoms with van der Waals surface area (Å²) in [5.74, 6) is -0.137. The van der Waals surface area contributed by atoms with E-state index in [-0.39, 0.29) is 17.4 Å². The average molecular weight is 428 g/mol. The minimum atomic E-state index is -0.283. The number of rotatable bonds is 5. The lowest BCUT2D eigenvalue weighted by Crippen LogP contribution is -2.24. The molecule has 9 heteroatoms. The molecule has 0 radical (unpaired) electrons. The number of hydrogen-bond donors (Lipinski definition) is 2. The first kappa shape index (κ1) is 19.7. The third-order valence-electron chi connectivity index (χ3n) is 5.49. The van der Waals surface area contributed by atoms with Gasteiger partial charge in [0.05, 0.1) is 23.9 Å². The highest BCUT2D eigenvalue weighted by atomic mass is 16.2. The third-order valence-corrected chi connectivity index (χ3v) is 5.49. The standard InChI is InChI=1S/C23H20N6O3/c30-20-9-4-10-28(20)13-15-5-3-6-16(11-15)22(31)27-18-7-1-2-8-19(18)29-21-17(12-26-29)23(32)25-14-24-21/h1-3,5-8,11-12,14H,4,9-10,13H2,(H,27,31)(H,24,25,32). The highest BCUT2D eigenvalue weighted by molar-refractivity contribution is 6.05. The molecule has 1 aliphatic rings. The highest BCUT2D eigenvalue weighted by Gasteiger charge is 2.20. The van der Waals surface area contributed by atoms with Crippen LogP contribution < -0.4 is 10.9 Å². The van der Waals surface area contributed by atoms with Gasteiger partial charge in [-0.05, 0) is 36.2 Å². The van der Waals surface area contributed by atoms with Crippen LogP contribution in [0.25, 0.3) is 16.7 Å². The Morgan fingerprint density at radius 1 is 1.12 bits per heavy atom. The fraction of sp³-hybridized carbons (Fsp3) is 0.174. The quantitative estimate of drug-likeness (QED) is 0.507. The van der Waals surface area contributed by atoms with Gasteiger partial charge in [0.25, 0.3) is 11.5 Å². The Bertz CT molecular complexity index is 1390. The van der Waals surface area contributed by atoms with E-state index in [0.717, 1.165) is 18.5 Å². The molecule has 2 aromatic carbocycles. The molecule has 1 aliphatic heterocycles. The zero-order valence-electron chi connectivity index (χ0n) is 17.1. The van der Waals surface area contributed by atoms with Crippen LogP contribution in [-0.4, -0.2) is 43.0 Å². The van der Waals surface area contributed by atoms with Crippen molar-refractivity contribution in [2.24, 2.45) is 0 Å². The second kappa shape index (κ2) is 8.10. The number of nitrogens with zero attached hydrogens (tertiary/aromatic N) is 4. The van der Waals surface area contributed by atoms with Gasteiger partial charge in [0.1, 0.15) is 5.39 Å². The average Bonchev–Trinajstić information content (AvgIpc) is 3.41. The van der Waals surface area contributed by atoms with Crippen molar-refractivity contribution in [3.8, 4) is 5.69 Å². The van der Waals surface area contributed by atoms with Crippen molar-refractivity contribution >= 4 is 28.5 Å². The van der Waals surface area contributed by atoms with E-state index < -0.39 is 0 Å². The number of benzene rings is 2. The van der Waals surface area contributed by atoms with E-state index in [4.69, 9.17) is 0 Å². The van der Waals surface area contributed by atoms with E-state index in [1.54, 1.807) is 30.3 Å². The number of amides is 2. The Kier molecular flexibility index (Phi) is 4.98. The maximum atomic E-state index is 13.0. The molecular formula is C23H20N6O3. The number of likely N-dealkylation sites (tertiary alicyclic amines) is 1. The van der Waals surface area contributed by atoms with E-state index in [9.17, 15) is 14.4 Å². The molecule has 1 fully saturated rings. The molecule has 0 spiro atoms. The second-order valence-electron chi connectivity index (χ2n) is 7.62. The first-order valence-electron chi connectivity index (χ1n) is 10.3.